The van der Waals surface area contributed by atoms with Gasteiger partial charge in [0.05, 0.1) is 33.0 Å². The van der Waals surface area contributed by atoms with Gasteiger partial charge < -0.3 is 14.2 Å². The first-order valence-electron chi connectivity index (χ1n) is 14.4. The molecule has 0 aliphatic rings. The van der Waals surface area contributed by atoms with Crippen molar-refractivity contribution in [1.29, 1.82) is 0 Å². The zero-order valence-corrected chi connectivity index (χ0v) is 25.8. The van der Waals surface area contributed by atoms with Crippen molar-refractivity contribution in [1.82, 2.24) is 0 Å². The lowest BCUT2D eigenvalue weighted by molar-refractivity contribution is -0.0429. The molecule has 0 rings (SSSR count). The molecule has 0 N–H and O–H groups in total. The van der Waals surface area contributed by atoms with E-state index in [9.17, 15) is 0 Å². The van der Waals surface area contributed by atoms with Crippen molar-refractivity contribution < 1.29 is 14.2 Å². The molecular formula is C45H116O3. The molecule has 0 unspecified atom stereocenters. The van der Waals surface area contributed by atoms with Gasteiger partial charge in [0.2, 0.25) is 0 Å². The lowest BCUT2D eigenvalue weighted by Crippen LogP contribution is -2.26. The highest BCUT2D eigenvalue weighted by atomic mass is 16.6. The molecule has 0 atom stereocenters. The SMILES string of the molecule is C.C.C.C.C.C.C.C.C.C.C.C.C.C/C=C/COCC(COC/C=C/C)OC/C=C/C.CCC(C)(CC)CC.CCC(CC)(CC)CC. The highest BCUT2D eigenvalue weighted by Crippen LogP contribution is 2.33. The first kappa shape index (κ1) is 103. The van der Waals surface area contributed by atoms with E-state index in [-0.39, 0.29) is 103 Å². The van der Waals surface area contributed by atoms with Crippen LogP contribution in [0.1, 0.15) is 218 Å². The fraction of sp³-hybridized carbons (Fsp3) is 0.867. The molecule has 0 aromatic carbocycles. The summed E-state index contributed by atoms with van der Waals surface area (Å²) >= 11 is 0. The van der Waals surface area contributed by atoms with E-state index in [4.69, 9.17) is 14.2 Å². The third-order valence-electron chi connectivity index (χ3n) is 7.73. The highest BCUT2D eigenvalue weighted by molar-refractivity contribution is 4.79. The molecule has 314 valence electrons. The molecule has 0 heterocycles. The van der Waals surface area contributed by atoms with Crippen LogP contribution in [0.15, 0.2) is 36.5 Å². The van der Waals surface area contributed by atoms with Crippen LogP contribution < -0.4 is 0 Å². The molecule has 0 saturated carbocycles. The lowest BCUT2D eigenvalue weighted by atomic mass is 9.78. The van der Waals surface area contributed by atoms with Crippen molar-refractivity contribution in [3.63, 3.8) is 0 Å². The molecule has 0 aromatic heterocycles. The van der Waals surface area contributed by atoms with Gasteiger partial charge in [-0.1, -0.05) is 233 Å². The van der Waals surface area contributed by atoms with Crippen molar-refractivity contribution in [3.05, 3.63) is 36.5 Å². The van der Waals surface area contributed by atoms with E-state index in [1.807, 2.05) is 57.2 Å². The van der Waals surface area contributed by atoms with Gasteiger partial charge in [-0.15, -0.1) is 0 Å². The van der Waals surface area contributed by atoms with Gasteiger partial charge in [-0.3, -0.25) is 0 Å². The fourth-order valence-corrected chi connectivity index (χ4v) is 3.41. The molecule has 0 radical (unpaired) electrons. The highest BCUT2D eigenvalue weighted by Gasteiger charge is 2.20. The Hall–Kier alpha value is -0.900. The van der Waals surface area contributed by atoms with Crippen LogP contribution in [0, 0.1) is 10.8 Å². The van der Waals surface area contributed by atoms with E-state index < -0.39 is 0 Å². The topological polar surface area (TPSA) is 27.7 Å². The van der Waals surface area contributed by atoms with Crippen LogP contribution in [-0.4, -0.2) is 39.1 Å². The molecule has 0 amide bonds. The van der Waals surface area contributed by atoms with E-state index >= 15 is 0 Å². The van der Waals surface area contributed by atoms with E-state index in [2.05, 4.69) is 55.4 Å². The van der Waals surface area contributed by atoms with E-state index in [0.717, 1.165) is 0 Å². The summed E-state index contributed by atoms with van der Waals surface area (Å²) in [6, 6.07) is 0. The van der Waals surface area contributed by atoms with Gasteiger partial charge in [0.25, 0.3) is 0 Å². The van der Waals surface area contributed by atoms with Crippen LogP contribution in [0.3, 0.4) is 0 Å². The molecule has 0 aromatic rings. The first-order chi connectivity index (χ1) is 16.8. The summed E-state index contributed by atoms with van der Waals surface area (Å²) in [6.07, 6.45) is 21.2. The number of hydrogen-bond donors (Lipinski definition) is 0. The minimum absolute atomic E-state index is 0. The third kappa shape index (κ3) is 63.7. The predicted octanol–water partition coefficient (Wildman–Crippen LogP) is 18.2. The van der Waals surface area contributed by atoms with Gasteiger partial charge in [-0.25, -0.2) is 0 Å². The van der Waals surface area contributed by atoms with Gasteiger partial charge in [0.1, 0.15) is 6.10 Å². The van der Waals surface area contributed by atoms with Gasteiger partial charge in [-0.05, 0) is 31.6 Å². The van der Waals surface area contributed by atoms with E-state index in [0.29, 0.717) is 43.9 Å². The summed E-state index contributed by atoms with van der Waals surface area (Å²) in [5.41, 5.74) is 1.29. The Kier molecular flexibility index (Phi) is 164. The second-order valence-electron chi connectivity index (χ2n) is 9.52. The van der Waals surface area contributed by atoms with Crippen molar-refractivity contribution in [2.24, 2.45) is 10.8 Å². The quantitative estimate of drug-likeness (QED) is 0.105. The average Bonchev–Trinajstić information content (AvgIpc) is 2.90. The number of hydrogen-bond acceptors (Lipinski definition) is 3. The van der Waals surface area contributed by atoms with Crippen LogP contribution in [0.25, 0.3) is 0 Å². The Morgan fingerprint density at radius 1 is 0.417 bits per heavy atom. The van der Waals surface area contributed by atoms with Crippen molar-refractivity contribution in [2.75, 3.05) is 33.0 Å². The van der Waals surface area contributed by atoms with Crippen LogP contribution in [0.5, 0.6) is 0 Å². The molecule has 3 nitrogen and oxygen atoms in total. The second kappa shape index (κ2) is 76.1. The number of allylic oxidation sites excluding steroid dienone is 3. The molecule has 3 heteroatoms. The predicted molar refractivity (Wildman–Crippen MR) is 246 cm³/mol. The van der Waals surface area contributed by atoms with Crippen molar-refractivity contribution >= 4 is 0 Å². The second-order valence-corrected chi connectivity index (χ2v) is 9.52. The molecule has 0 aliphatic carbocycles. The van der Waals surface area contributed by atoms with E-state index in [1.165, 1.54) is 44.9 Å². The van der Waals surface area contributed by atoms with Crippen molar-refractivity contribution in [2.45, 2.75) is 224 Å². The zero-order valence-electron chi connectivity index (χ0n) is 25.8. The van der Waals surface area contributed by atoms with Crippen LogP contribution >= 0.6 is 0 Å². The van der Waals surface area contributed by atoms with E-state index in [1.54, 1.807) is 0 Å². The Balaban J connectivity index is -0.0000000216. The molecule has 0 saturated heterocycles. The summed E-state index contributed by atoms with van der Waals surface area (Å²) < 4.78 is 16.6. The lowest BCUT2D eigenvalue weighted by Gasteiger charge is -2.28. The van der Waals surface area contributed by atoms with Crippen molar-refractivity contribution in [3.8, 4) is 0 Å². The van der Waals surface area contributed by atoms with Gasteiger partial charge in [0.15, 0.2) is 0 Å². The monoisotopic (exact) mass is 705 g/mol. The summed E-state index contributed by atoms with van der Waals surface area (Å²) in [5, 5.41) is 0. The largest absolute Gasteiger partial charge is 0.375 e. The summed E-state index contributed by atoms with van der Waals surface area (Å²) in [5.74, 6) is 0. The van der Waals surface area contributed by atoms with Crippen LogP contribution in [0.4, 0.5) is 0 Å². The third-order valence-corrected chi connectivity index (χ3v) is 7.73. The minimum atomic E-state index is -0.0169. The van der Waals surface area contributed by atoms with Gasteiger partial charge >= 0.3 is 0 Å². The first-order valence-corrected chi connectivity index (χ1v) is 14.4. The molecule has 0 bridgehead atoms. The minimum Gasteiger partial charge on any atom is -0.375 e. The average molecular weight is 705 g/mol. The van der Waals surface area contributed by atoms with Crippen LogP contribution in [0.2, 0.25) is 0 Å². The maximum Gasteiger partial charge on any atom is 0.105 e. The zero-order chi connectivity index (χ0) is 27.4. The standard InChI is InChI=1S/C15H26O3.C9H20.C8H18.13CH4/c1-4-7-10-16-13-15(18-12-9-6-3)14-17-11-8-5-2;1-5-9(6-2,7-3)8-4;1-5-8(4,6-2)7-3;;;;;;;;;;;;;/h4-9,15H,10-14H2,1-3H3;5-8H2,1-4H3;5-7H2,1-4H3;13*1H4/b7-4+,8-5+,9-6+;;;;;;;;;;;;;;;. The van der Waals surface area contributed by atoms with Crippen LogP contribution in [-0.2, 0) is 14.2 Å². The normalized spacial score (nSPS) is 9.00. The van der Waals surface area contributed by atoms with Gasteiger partial charge in [0, 0.05) is 0 Å². The molecule has 0 fully saturated rings. The fourth-order valence-electron chi connectivity index (χ4n) is 3.41. The summed E-state index contributed by atoms with van der Waals surface area (Å²) in [6.45, 7) is 27.2. The number of rotatable bonds is 18. The summed E-state index contributed by atoms with van der Waals surface area (Å²) in [4.78, 5) is 0. The Morgan fingerprint density at radius 3 is 0.833 bits per heavy atom. The maximum atomic E-state index is 5.66. The number of ether oxygens (including phenoxy) is 3. The molecule has 0 aliphatic heterocycles. The summed E-state index contributed by atoms with van der Waals surface area (Å²) in [7, 11) is 0. The molecule has 0 spiro atoms. The molecular weight excluding hydrogens is 588 g/mol. The Morgan fingerprint density at radius 2 is 0.667 bits per heavy atom. The smallest absolute Gasteiger partial charge is 0.105 e. The molecule has 48 heavy (non-hydrogen) atoms. The van der Waals surface area contributed by atoms with Gasteiger partial charge in [-0.2, -0.15) is 0 Å². The Labute approximate surface area is 317 Å². The Bertz CT molecular complexity index is 443. The maximum absolute atomic E-state index is 5.66.